The first-order chi connectivity index (χ1) is 12.9. The summed E-state index contributed by atoms with van der Waals surface area (Å²) < 4.78 is 45.6. The van der Waals surface area contributed by atoms with Gasteiger partial charge in [0.2, 0.25) is 0 Å². The van der Waals surface area contributed by atoms with E-state index in [-0.39, 0.29) is 18.2 Å². The van der Waals surface area contributed by atoms with Crippen molar-refractivity contribution < 1.29 is 23.0 Å². The van der Waals surface area contributed by atoms with E-state index in [4.69, 9.17) is 4.74 Å². The molecule has 1 saturated carbocycles. The number of hydrogen-bond acceptors (Lipinski definition) is 3. The number of nitrogens with zero attached hydrogens (tertiary/aromatic N) is 2. The SMILES string of the molecule is OC1CCCC1N1CCC(Oc2cccc3c2ccn3CC(F)(F)F)CC1. The number of likely N-dealkylation sites (tertiary alicyclic amines) is 1. The molecule has 27 heavy (non-hydrogen) atoms. The Hall–Kier alpha value is -1.73. The Morgan fingerprint density at radius 2 is 1.85 bits per heavy atom. The Labute approximate surface area is 156 Å². The molecule has 4 nitrogen and oxygen atoms in total. The summed E-state index contributed by atoms with van der Waals surface area (Å²) in [4.78, 5) is 2.36. The zero-order valence-corrected chi connectivity index (χ0v) is 15.2. The van der Waals surface area contributed by atoms with Gasteiger partial charge in [0.05, 0.1) is 11.6 Å². The highest BCUT2D eigenvalue weighted by molar-refractivity contribution is 5.86. The average molecular weight is 382 g/mol. The van der Waals surface area contributed by atoms with Crippen LogP contribution in [-0.4, -0.2) is 52.1 Å². The van der Waals surface area contributed by atoms with Crippen molar-refractivity contribution in [3.05, 3.63) is 30.5 Å². The molecule has 1 saturated heterocycles. The Morgan fingerprint density at radius 3 is 2.52 bits per heavy atom. The third kappa shape index (κ3) is 4.09. The van der Waals surface area contributed by atoms with Crippen molar-refractivity contribution in [1.29, 1.82) is 0 Å². The molecule has 1 aromatic heterocycles. The molecule has 0 radical (unpaired) electrons. The maximum absolute atomic E-state index is 12.7. The quantitative estimate of drug-likeness (QED) is 0.870. The van der Waals surface area contributed by atoms with Crippen LogP contribution in [0.3, 0.4) is 0 Å². The van der Waals surface area contributed by atoms with Gasteiger partial charge in [-0.15, -0.1) is 0 Å². The summed E-state index contributed by atoms with van der Waals surface area (Å²) in [5.74, 6) is 0.646. The molecule has 2 aromatic rings. The van der Waals surface area contributed by atoms with Crippen LogP contribution < -0.4 is 4.74 Å². The van der Waals surface area contributed by atoms with Crippen molar-refractivity contribution in [2.24, 2.45) is 0 Å². The van der Waals surface area contributed by atoms with Crippen LogP contribution in [0.5, 0.6) is 5.75 Å². The van der Waals surface area contributed by atoms with Crippen molar-refractivity contribution in [1.82, 2.24) is 9.47 Å². The van der Waals surface area contributed by atoms with E-state index in [1.54, 1.807) is 18.2 Å². The smallest absolute Gasteiger partial charge is 0.406 e. The zero-order chi connectivity index (χ0) is 19.0. The molecule has 7 heteroatoms. The van der Waals surface area contributed by atoms with Crippen LogP contribution in [0.2, 0.25) is 0 Å². The maximum Gasteiger partial charge on any atom is 0.406 e. The van der Waals surface area contributed by atoms with Gasteiger partial charge in [-0.3, -0.25) is 4.90 Å². The number of hydrogen-bond donors (Lipinski definition) is 1. The minimum atomic E-state index is -4.25. The standard InChI is InChI=1S/C20H25F3N2O2/c21-20(22,23)13-25-12-9-15-16(25)3-2-6-19(15)27-14-7-10-24(11-8-14)17-4-1-5-18(17)26/h2-3,6,9,12,14,17-18,26H,1,4-5,7-8,10-11,13H2. The van der Waals surface area contributed by atoms with E-state index in [1.807, 2.05) is 6.07 Å². The van der Waals surface area contributed by atoms with E-state index in [2.05, 4.69) is 4.90 Å². The minimum Gasteiger partial charge on any atom is -0.490 e. The molecule has 1 aromatic carbocycles. The van der Waals surface area contributed by atoms with E-state index in [0.717, 1.165) is 50.6 Å². The summed E-state index contributed by atoms with van der Waals surface area (Å²) in [5.41, 5.74) is 0.538. The fourth-order valence-electron chi connectivity index (χ4n) is 4.48. The molecule has 1 N–H and O–H groups in total. The summed E-state index contributed by atoms with van der Waals surface area (Å²) in [7, 11) is 0. The van der Waals surface area contributed by atoms with Gasteiger partial charge in [0.25, 0.3) is 0 Å². The summed E-state index contributed by atoms with van der Waals surface area (Å²) in [5, 5.41) is 10.8. The molecule has 1 aliphatic carbocycles. The lowest BCUT2D eigenvalue weighted by Gasteiger charge is -2.37. The predicted octanol–water partition coefficient (Wildman–Crippen LogP) is 3.96. The van der Waals surface area contributed by atoms with Gasteiger partial charge in [-0.1, -0.05) is 6.07 Å². The lowest BCUT2D eigenvalue weighted by atomic mass is 10.0. The van der Waals surface area contributed by atoms with Crippen molar-refractivity contribution >= 4 is 10.9 Å². The second-order valence-electron chi connectivity index (χ2n) is 7.67. The molecule has 2 heterocycles. The van der Waals surface area contributed by atoms with Gasteiger partial charge in [0.1, 0.15) is 18.4 Å². The molecule has 0 spiro atoms. The summed E-state index contributed by atoms with van der Waals surface area (Å²) in [6, 6.07) is 7.23. The van der Waals surface area contributed by atoms with Crippen LogP contribution in [-0.2, 0) is 6.54 Å². The molecule has 4 rings (SSSR count). The number of fused-ring (bicyclic) bond motifs is 1. The van der Waals surface area contributed by atoms with Gasteiger partial charge in [0, 0.05) is 30.7 Å². The second kappa shape index (κ2) is 7.36. The van der Waals surface area contributed by atoms with Crippen LogP contribution in [0.25, 0.3) is 10.9 Å². The van der Waals surface area contributed by atoms with Crippen LogP contribution in [0.4, 0.5) is 13.2 Å². The molecular weight excluding hydrogens is 357 g/mol. The summed E-state index contributed by atoms with van der Waals surface area (Å²) in [6.07, 6.45) is 1.80. The van der Waals surface area contributed by atoms with E-state index in [1.165, 1.54) is 10.8 Å². The fourth-order valence-corrected chi connectivity index (χ4v) is 4.48. The highest BCUT2D eigenvalue weighted by Crippen LogP contribution is 2.32. The van der Waals surface area contributed by atoms with Gasteiger partial charge in [-0.2, -0.15) is 13.2 Å². The molecule has 1 aliphatic heterocycles. The van der Waals surface area contributed by atoms with Crippen LogP contribution in [0, 0.1) is 0 Å². The monoisotopic (exact) mass is 382 g/mol. The molecule has 148 valence electrons. The van der Waals surface area contributed by atoms with Gasteiger partial charge in [-0.05, 0) is 50.3 Å². The van der Waals surface area contributed by atoms with Crippen LogP contribution in [0.1, 0.15) is 32.1 Å². The van der Waals surface area contributed by atoms with Crippen molar-refractivity contribution in [3.8, 4) is 5.75 Å². The number of aliphatic hydroxyl groups excluding tert-OH is 1. The first kappa shape index (κ1) is 18.6. The van der Waals surface area contributed by atoms with Crippen LogP contribution in [0.15, 0.2) is 30.5 Å². The third-order valence-electron chi connectivity index (χ3n) is 5.81. The number of benzene rings is 1. The van der Waals surface area contributed by atoms with Gasteiger partial charge >= 0.3 is 6.18 Å². The normalized spacial score (nSPS) is 25.3. The molecule has 0 bridgehead atoms. The highest BCUT2D eigenvalue weighted by Gasteiger charge is 2.33. The third-order valence-corrected chi connectivity index (χ3v) is 5.81. The zero-order valence-electron chi connectivity index (χ0n) is 15.2. The maximum atomic E-state index is 12.7. The summed E-state index contributed by atoms with van der Waals surface area (Å²) in [6.45, 7) is 0.775. The number of aromatic nitrogens is 1. The molecule has 2 fully saturated rings. The Balaban J connectivity index is 1.42. The number of ether oxygens (including phenoxy) is 1. The fraction of sp³-hybridized carbons (Fsp3) is 0.600. The predicted molar refractivity (Wildman–Crippen MR) is 96.9 cm³/mol. The number of aliphatic hydroxyl groups is 1. The largest absolute Gasteiger partial charge is 0.490 e. The number of alkyl halides is 3. The number of halogens is 3. The van der Waals surface area contributed by atoms with Crippen LogP contribution >= 0.6 is 0 Å². The van der Waals surface area contributed by atoms with E-state index < -0.39 is 12.7 Å². The lowest BCUT2D eigenvalue weighted by Crippen LogP contribution is -2.47. The van der Waals surface area contributed by atoms with Gasteiger partial charge < -0.3 is 14.4 Å². The van der Waals surface area contributed by atoms with E-state index >= 15 is 0 Å². The van der Waals surface area contributed by atoms with Gasteiger partial charge in [0.15, 0.2) is 0 Å². The van der Waals surface area contributed by atoms with Crippen molar-refractivity contribution in [3.63, 3.8) is 0 Å². The highest BCUT2D eigenvalue weighted by atomic mass is 19.4. The number of piperidine rings is 1. The Bertz CT molecular complexity index is 781. The average Bonchev–Trinajstić information content (AvgIpc) is 3.22. The second-order valence-corrected chi connectivity index (χ2v) is 7.67. The van der Waals surface area contributed by atoms with Crippen molar-refractivity contribution in [2.45, 2.75) is 63.1 Å². The molecule has 2 unspecified atom stereocenters. The van der Waals surface area contributed by atoms with Crippen molar-refractivity contribution in [2.75, 3.05) is 13.1 Å². The Kier molecular flexibility index (Phi) is 5.07. The minimum absolute atomic E-state index is 0.0522. The van der Waals surface area contributed by atoms with E-state index in [9.17, 15) is 18.3 Å². The lowest BCUT2D eigenvalue weighted by molar-refractivity contribution is -0.139. The Morgan fingerprint density at radius 1 is 1.07 bits per heavy atom. The van der Waals surface area contributed by atoms with Gasteiger partial charge in [-0.25, -0.2) is 0 Å². The first-order valence-electron chi connectivity index (χ1n) is 9.64. The molecular formula is C20H25F3N2O2. The topological polar surface area (TPSA) is 37.6 Å². The molecule has 2 atom stereocenters. The summed E-state index contributed by atoms with van der Waals surface area (Å²) >= 11 is 0. The van der Waals surface area contributed by atoms with E-state index in [0.29, 0.717) is 11.3 Å². The first-order valence-corrected chi connectivity index (χ1v) is 9.64. The molecule has 0 amide bonds. The number of rotatable bonds is 4. The molecule has 2 aliphatic rings.